The van der Waals surface area contributed by atoms with Crippen LogP contribution in [0, 0.1) is 13.8 Å². The van der Waals surface area contributed by atoms with Crippen LogP contribution in [0.25, 0.3) is 0 Å². The molecule has 11 heavy (non-hydrogen) atoms. The maximum atomic E-state index is 3.82. The van der Waals surface area contributed by atoms with Gasteiger partial charge >= 0.3 is 0 Å². The molecule has 0 amide bonds. The van der Waals surface area contributed by atoms with Gasteiger partial charge in [-0.05, 0) is 25.3 Å². The summed E-state index contributed by atoms with van der Waals surface area (Å²) in [4.78, 5) is 0. The average molecular weight is 147 g/mol. The van der Waals surface area contributed by atoms with Gasteiger partial charge in [0.05, 0.1) is 0 Å². The van der Waals surface area contributed by atoms with Crippen molar-refractivity contribution in [2.24, 2.45) is 0 Å². The van der Waals surface area contributed by atoms with Gasteiger partial charge < -0.3 is 0 Å². The summed E-state index contributed by atoms with van der Waals surface area (Å²) in [5, 5.41) is 0. The first-order chi connectivity index (χ1) is 5.33. The molecule has 0 fully saturated rings. The predicted octanol–water partition coefficient (Wildman–Crippen LogP) is 3.15. The molecule has 0 aliphatic heterocycles. The summed E-state index contributed by atoms with van der Waals surface area (Å²) in [6.45, 7) is 5.93. The number of unbranched alkanes of at least 4 members (excludes halogenated alkanes) is 1. The number of hydrogen-bond donors (Lipinski definition) is 0. The lowest BCUT2D eigenvalue weighted by Crippen LogP contribution is -1.83. The van der Waals surface area contributed by atoms with E-state index in [1.54, 1.807) is 0 Å². The summed E-state index contributed by atoms with van der Waals surface area (Å²) in [5.41, 5.74) is 2.77. The molecule has 0 saturated heterocycles. The lowest BCUT2D eigenvalue weighted by atomic mass is 10.1. The van der Waals surface area contributed by atoms with Crippen LogP contribution in [-0.4, -0.2) is 0 Å². The first-order valence-electron chi connectivity index (χ1n) is 4.17. The molecule has 59 valence electrons. The van der Waals surface area contributed by atoms with Crippen LogP contribution >= 0.6 is 0 Å². The number of benzene rings is 1. The summed E-state index contributed by atoms with van der Waals surface area (Å²) in [6, 6.07) is 8.73. The van der Waals surface area contributed by atoms with Crippen LogP contribution in [0.3, 0.4) is 0 Å². The highest BCUT2D eigenvalue weighted by Gasteiger charge is 1.90. The molecule has 0 aromatic heterocycles. The van der Waals surface area contributed by atoms with Crippen molar-refractivity contribution >= 4 is 0 Å². The predicted molar refractivity (Wildman–Crippen MR) is 49.5 cm³/mol. The van der Waals surface area contributed by atoms with Gasteiger partial charge in [0.1, 0.15) is 0 Å². The van der Waals surface area contributed by atoms with Crippen molar-refractivity contribution in [1.82, 2.24) is 0 Å². The molecular weight excluding hydrogens is 132 g/mol. The quantitative estimate of drug-likeness (QED) is 0.616. The Hall–Kier alpha value is -0.780. The molecule has 1 aromatic rings. The van der Waals surface area contributed by atoms with Crippen molar-refractivity contribution in [2.45, 2.75) is 26.2 Å². The van der Waals surface area contributed by atoms with Crippen molar-refractivity contribution in [2.75, 3.05) is 0 Å². The fraction of sp³-hybridized carbons (Fsp3) is 0.364. The minimum Gasteiger partial charge on any atom is -0.0591 e. The van der Waals surface area contributed by atoms with E-state index in [0.29, 0.717) is 0 Å². The molecular formula is C11H15. The summed E-state index contributed by atoms with van der Waals surface area (Å²) < 4.78 is 0. The van der Waals surface area contributed by atoms with Crippen molar-refractivity contribution in [3.8, 4) is 0 Å². The van der Waals surface area contributed by atoms with Crippen LogP contribution in [0.4, 0.5) is 0 Å². The van der Waals surface area contributed by atoms with Crippen molar-refractivity contribution < 1.29 is 0 Å². The van der Waals surface area contributed by atoms with E-state index >= 15 is 0 Å². The van der Waals surface area contributed by atoms with E-state index in [9.17, 15) is 0 Å². The third kappa shape index (κ3) is 2.75. The van der Waals surface area contributed by atoms with E-state index in [1.807, 2.05) is 0 Å². The summed E-state index contributed by atoms with van der Waals surface area (Å²) >= 11 is 0. The molecule has 0 N–H and O–H groups in total. The molecule has 0 bridgehead atoms. The van der Waals surface area contributed by atoms with Gasteiger partial charge in [-0.2, -0.15) is 0 Å². The SMILES string of the molecule is [CH2]CCCc1ccc(C)cc1. The number of aryl methyl sites for hydroxylation is 2. The molecule has 1 rings (SSSR count). The zero-order valence-electron chi connectivity index (χ0n) is 7.14. The maximum absolute atomic E-state index is 3.82. The summed E-state index contributed by atoms with van der Waals surface area (Å²) in [6.07, 6.45) is 3.40. The second-order valence-corrected chi connectivity index (χ2v) is 2.94. The van der Waals surface area contributed by atoms with Gasteiger partial charge in [0.25, 0.3) is 0 Å². The Kier molecular flexibility index (Phi) is 3.15. The van der Waals surface area contributed by atoms with E-state index in [1.165, 1.54) is 24.0 Å². The van der Waals surface area contributed by atoms with Gasteiger partial charge in [0.2, 0.25) is 0 Å². The van der Waals surface area contributed by atoms with Gasteiger partial charge in [0.15, 0.2) is 0 Å². The number of rotatable bonds is 3. The third-order valence-corrected chi connectivity index (χ3v) is 1.84. The molecule has 0 nitrogen and oxygen atoms in total. The van der Waals surface area contributed by atoms with Crippen LogP contribution in [0.15, 0.2) is 24.3 Å². The van der Waals surface area contributed by atoms with Crippen LogP contribution in [-0.2, 0) is 6.42 Å². The highest BCUT2D eigenvalue weighted by molar-refractivity contribution is 5.21. The van der Waals surface area contributed by atoms with Crippen LogP contribution in [0.5, 0.6) is 0 Å². The Bertz CT molecular complexity index is 196. The lowest BCUT2D eigenvalue weighted by Gasteiger charge is -1.98. The fourth-order valence-electron chi connectivity index (χ4n) is 1.08. The van der Waals surface area contributed by atoms with E-state index in [2.05, 4.69) is 38.1 Å². The van der Waals surface area contributed by atoms with Crippen LogP contribution in [0.2, 0.25) is 0 Å². The molecule has 0 spiro atoms. The van der Waals surface area contributed by atoms with E-state index < -0.39 is 0 Å². The van der Waals surface area contributed by atoms with E-state index in [-0.39, 0.29) is 0 Å². The second-order valence-electron chi connectivity index (χ2n) is 2.94. The summed E-state index contributed by atoms with van der Waals surface area (Å²) in [7, 11) is 0. The largest absolute Gasteiger partial charge is 0.0591 e. The standard InChI is InChI=1S/C11H15/c1-3-4-5-11-8-6-10(2)7-9-11/h6-9H,1,3-5H2,2H3. The third-order valence-electron chi connectivity index (χ3n) is 1.84. The Morgan fingerprint density at radius 2 is 1.82 bits per heavy atom. The minimum atomic E-state index is 1.04. The normalized spacial score (nSPS) is 10.0. The second kappa shape index (κ2) is 4.17. The molecule has 0 aliphatic rings. The Labute approximate surface area is 69.3 Å². The van der Waals surface area contributed by atoms with Crippen LogP contribution in [0.1, 0.15) is 24.0 Å². The minimum absolute atomic E-state index is 1.04. The Balaban J connectivity index is 2.52. The molecule has 0 unspecified atom stereocenters. The highest BCUT2D eigenvalue weighted by atomic mass is 14.0. The van der Waals surface area contributed by atoms with Crippen LogP contribution < -0.4 is 0 Å². The molecule has 1 radical (unpaired) electrons. The van der Waals surface area contributed by atoms with Gasteiger partial charge in [-0.25, -0.2) is 0 Å². The van der Waals surface area contributed by atoms with Gasteiger partial charge in [0, 0.05) is 0 Å². The molecule has 0 atom stereocenters. The van der Waals surface area contributed by atoms with E-state index in [0.717, 1.165) is 6.42 Å². The highest BCUT2D eigenvalue weighted by Crippen LogP contribution is 2.06. The van der Waals surface area contributed by atoms with Gasteiger partial charge in [-0.3, -0.25) is 0 Å². The monoisotopic (exact) mass is 147 g/mol. The Morgan fingerprint density at radius 1 is 1.18 bits per heavy atom. The van der Waals surface area contributed by atoms with Crippen molar-refractivity contribution in [1.29, 1.82) is 0 Å². The lowest BCUT2D eigenvalue weighted by molar-refractivity contribution is 0.840. The van der Waals surface area contributed by atoms with Crippen molar-refractivity contribution in [3.05, 3.63) is 42.3 Å². The zero-order chi connectivity index (χ0) is 8.10. The first kappa shape index (κ1) is 8.32. The van der Waals surface area contributed by atoms with E-state index in [4.69, 9.17) is 0 Å². The zero-order valence-corrected chi connectivity index (χ0v) is 7.14. The summed E-state index contributed by atoms with van der Waals surface area (Å²) in [5.74, 6) is 0. The maximum Gasteiger partial charge on any atom is -0.0279 e. The Morgan fingerprint density at radius 3 is 2.36 bits per heavy atom. The molecule has 0 heteroatoms. The van der Waals surface area contributed by atoms with Gasteiger partial charge in [-0.1, -0.05) is 43.2 Å². The topological polar surface area (TPSA) is 0 Å². The average Bonchev–Trinajstić information content (AvgIpc) is 2.04. The van der Waals surface area contributed by atoms with Crippen molar-refractivity contribution in [3.63, 3.8) is 0 Å². The smallest absolute Gasteiger partial charge is 0.0279 e. The first-order valence-corrected chi connectivity index (χ1v) is 4.17. The van der Waals surface area contributed by atoms with Gasteiger partial charge in [-0.15, -0.1) is 0 Å². The number of hydrogen-bond acceptors (Lipinski definition) is 0. The molecule has 0 aliphatic carbocycles. The molecule has 1 aromatic carbocycles. The molecule has 0 heterocycles. The molecule has 0 saturated carbocycles. The fourth-order valence-corrected chi connectivity index (χ4v) is 1.08.